The zero-order valence-corrected chi connectivity index (χ0v) is 14.6. The van der Waals surface area contributed by atoms with E-state index in [0.29, 0.717) is 23.6 Å². The Labute approximate surface area is 144 Å². The number of nitrogens with one attached hydrogen (secondary N) is 1. The fourth-order valence-electron chi connectivity index (χ4n) is 2.97. The van der Waals surface area contributed by atoms with E-state index in [-0.39, 0.29) is 0 Å². The topological polar surface area (TPSA) is 29.3 Å². The molecule has 2 heterocycles. The second kappa shape index (κ2) is 6.10. The largest absolute Gasteiger partial charge is 0.417 e. The molecule has 0 amide bonds. The second-order valence-electron chi connectivity index (χ2n) is 6.34. The number of fused-ring (bicyclic) bond motifs is 1. The molecular formula is C19H20F3N3. The second-order valence-corrected chi connectivity index (χ2v) is 6.34. The quantitative estimate of drug-likeness (QED) is 0.706. The van der Waals surface area contributed by atoms with Crippen LogP contribution in [0.1, 0.15) is 33.6 Å². The summed E-state index contributed by atoms with van der Waals surface area (Å²) in [6.07, 6.45) is -3.30. The van der Waals surface area contributed by atoms with Gasteiger partial charge in [-0.05, 0) is 50.5 Å². The molecule has 0 radical (unpaired) electrons. The summed E-state index contributed by atoms with van der Waals surface area (Å²) < 4.78 is 41.3. The highest BCUT2D eigenvalue weighted by Gasteiger charge is 2.32. The van der Waals surface area contributed by atoms with Crippen molar-refractivity contribution in [1.29, 1.82) is 0 Å². The molecule has 3 rings (SSSR count). The number of aromatic nitrogens is 2. The molecule has 1 N–H and O–H groups in total. The van der Waals surface area contributed by atoms with Crippen LogP contribution in [-0.4, -0.2) is 9.38 Å². The minimum atomic E-state index is -4.41. The maximum Gasteiger partial charge on any atom is 0.417 e. The van der Waals surface area contributed by atoms with Gasteiger partial charge in [0.05, 0.1) is 16.9 Å². The van der Waals surface area contributed by atoms with Gasteiger partial charge in [0, 0.05) is 18.4 Å². The van der Waals surface area contributed by atoms with Crippen LogP contribution in [0.5, 0.6) is 0 Å². The minimum Gasteiger partial charge on any atom is -0.378 e. The predicted molar refractivity (Wildman–Crippen MR) is 92.9 cm³/mol. The van der Waals surface area contributed by atoms with Crippen LogP contribution in [0, 0.1) is 27.7 Å². The highest BCUT2D eigenvalue weighted by atomic mass is 19.4. The fraction of sp³-hybridized carbons (Fsp3) is 0.316. The first-order valence-electron chi connectivity index (χ1n) is 8.04. The van der Waals surface area contributed by atoms with Gasteiger partial charge >= 0.3 is 6.18 Å². The Bertz CT molecular complexity index is 919. The van der Waals surface area contributed by atoms with Crippen LogP contribution in [0.3, 0.4) is 0 Å². The zero-order chi connectivity index (χ0) is 18.4. The summed E-state index contributed by atoms with van der Waals surface area (Å²) in [6, 6.07) is 7.10. The highest BCUT2D eigenvalue weighted by Crippen LogP contribution is 2.33. The number of pyridine rings is 1. The van der Waals surface area contributed by atoms with Crippen molar-refractivity contribution in [2.45, 2.75) is 40.4 Å². The summed E-state index contributed by atoms with van der Waals surface area (Å²) in [5.74, 6) is 0. The fourth-order valence-corrected chi connectivity index (χ4v) is 2.97. The smallest absolute Gasteiger partial charge is 0.378 e. The van der Waals surface area contributed by atoms with Gasteiger partial charge in [0.1, 0.15) is 0 Å². The van der Waals surface area contributed by atoms with Gasteiger partial charge in [0.2, 0.25) is 0 Å². The van der Waals surface area contributed by atoms with Gasteiger partial charge < -0.3 is 9.72 Å². The standard InChI is InChI=1S/C19H20F3N3/c1-11-6-5-7-12(2)16(11)9-23-17-8-15(19(20,21)22)10-25-14(4)13(3)24-18(17)25/h5-8,10,23H,9H2,1-4H3. The molecule has 0 saturated heterocycles. The van der Waals surface area contributed by atoms with Crippen molar-refractivity contribution in [2.24, 2.45) is 0 Å². The van der Waals surface area contributed by atoms with Crippen molar-refractivity contribution >= 4 is 11.3 Å². The summed E-state index contributed by atoms with van der Waals surface area (Å²) in [6.45, 7) is 8.00. The van der Waals surface area contributed by atoms with Crippen LogP contribution in [0.4, 0.5) is 18.9 Å². The van der Waals surface area contributed by atoms with Gasteiger partial charge in [-0.3, -0.25) is 0 Å². The van der Waals surface area contributed by atoms with E-state index < -0.39 is 11.7 Å². The molecule has 0 aliphatic carbocycles. The van der Waals surface area contributed by atoms with Crippen LogP contribution < -0.4 is 5.32 Å². The summed E-state index contributed by atoms with van der Waals surface area (Å²) in [5.41, 5.74) is 4.91. The van der Waals surface area contributed by atoms with Crippen LogP contribution in [0.15, 0.2) is 30.5 Å². The molecule has 0 aliphatic heterocycles. The lowest BCUT2D eigenvalue weighted by atomic mass is 10.0. The molecule has 0 unspecified atom stereocenters. The Balaban J connectivity index is 2.07. The summed E-state index contributed by atoms with van der Waals surface area (Å²) >= 11 is 0. The van der Waals surface area contributed by atoms with Crippen molar-refractivity contribution in [3.8, 4) is 0 Å². The number of rotatable bonds is 3. The van der Waals surface area contributed by atoms with E-state index in [2.05, 4.69) is 10.3 Å². The monoisotopic (exact) mass is 347 g/mol. The van der Waals surface area contributed by atoms with Gasteiger partial charge in [-0.25, -0.2) is 4.98 Å². The van der Waals surface area contributed by atoms with E-state index in [1.54, 1.807) is 13.8 Å². The zero-order valence-electron chi connectivity index (χ0n) is 14.6. The van der Waals surface area contributed by atoms with Crippen molar-refractivity contribution < 1.29 is 13.2 Å². The van der Waals surface area contributed by atoms with Gasteiger partial charge in [-0.15, -0.1) is 0 Å². The first-order valence-corrected chi connectivity index (χ1v) is 8.04. The van der Waals surface area contributed by atoms with Crippen molar-refractivity contribution in [2.75, 3.05) is 5.32 Å². The van der Waals surface area contributed by atoms with Crippen LogP contribution >= 0.6 is 0 Å². The van der Waals surface area contributed by atoms with E-state index in [1.807, 2.05) is 32.0 Å². The summed E-state index contributed by atoms with van der Waals surface area (Å²) in [4.78, 5) is 4.43. The number of imidazole rings is 1. The molecule has 0 aliphatic rings. The Morgan fingerprint density at radius 3 is 2.32 bits per heavy atom. The molecule has 3 nitrogen and oxygen atoms in total. The van der Waals surface area contributed by atoms with Gasteiger partial charge in [0.25, 0.3) is 0 Å². The normalized spacial score (nSPS) is 12.0. The number of hydrogen-bond donors (Lipinski definition) is 1. The third-order valence-electron chi connectivity index (χ3n) is 4.62. The van der Waals surface area contributed by atoms with E-state index in [9.17, 15) is 13.2 Å². The van der Waals surface area contributed by atoms with Crippen molar-refractivity contribution in [3.63, 3.8) is 0 Å². The molecule has 3 aromatic rings. The van der Waals surface area contributed by atoms with Gasteiger partial charge in [0.15, 0.2) is 5.65 Å². The molecule has 6 heteroatoms. The van der Waals surface area contributed by atoms with E-state index >= 15 is 0 Å². The molecule has 1 aromatic carbocycles. The SMILES string of the molecule is Cc1cccc(C)c1CNc1cc(C(F)(F)F)cn2c(C)c(C)nc12. The minimum absolute atomic E-state index is 0.383. The van der Waals surface area contributed by atoms with E-state index in [1.165, 1.54) is 4.40 Å². The van der Waals surface area contributed by atoms with Crippen LogP contribution in [0.2, 0.25) is 0 Å². The van der Waals surface area contributed by atoms with Crippen molar-refractivity contribution in [3.05, 3.63) is 64.1 Å². The third-order valence-corrected chi connectivity index (χ3v) is 4.62. The highest BCUT2D eigenvalue weighted by molar-refractivity contribution is 5.70. The number of aryl methyl sites for hydroxylation is 4. The maximum absolute atomic E-state index is 13.3. The van der Waals surface area contributed by atoms with Crippen LogP contribution in [-0.2, 0) is 12.7 Å². The van der Waals surface area contributed by atoms with Crippen molar-refractivity contribution in [1.82, 2.24) is 9.38 Å². The molecule has 25 heavy (non-hydrogen) atoms. The van der Waals surface area contributed by atoms with E-state index in [4.69, 9.17) is 0 Å². The lowest BCUT2D eigenvalue weighted by Gasteiger charge is -2.15. The van der Waals surface area contributed by atoms with Crippen LogP contribution in [0.25, 0.3) is 5.65 Å². The number of nitrogens with zero attached hydrogens (tertiary/aromatic N) is 2. The molecule has 0 bridgehead atoms. The Kier molecular flexibility index (Phi) is 4.22. The molecule has 0 atom stereocenters. The number of halogens is 3. The third kappa shape index (κ3) is 3.21. The molecule has 0 saturated carbocycles. The Morgan fingerprint density at radius 2 is 1.72 bits per heavy atom. The lowest BCUT2D eigenvalue weighted by molar-refractivity contribution is -0.137. The molecule has 2 aromatic heterocycles. The number of benzene rings is 1. The Hall–Kier alpha value is -2.50. The summed E-state index contributed by atoms with van der Waals surface area (Å²) in [5, 5.41) is 3.16. The van der Waals surface area contributed by atoms with Gasteiger partial charge in [-0.2, -0.15) is 13.2 Å². The first-order chi connectivity index (χ1) is 11.7. The molecule has 132 valence electrons. The average molecular weight is 347 g/mol. The first kappa shape index (κ1) is 17.3. The average Bonchev–Trinajstić information content (AvgIpc) is 2.81. The molecular weight excluding hydrogens is 327 g/mol. The summed E-state index contributed by atoms with van der Waals surface area (Å²) in [7, 11) is 0. The number of alkyl halides is 3. The maximum atomic E-state index is 13.3. The Morgan fingerprint density at radius 1 is 1.08 bits per heavy atom. The van der Waals surface area contributed by atoms with Gasteiger partial charge in [-0.1, -0.05) is 18.2 Å². The number of anilines is 1. The van der Waals surface area contributed by atoms with E-state index in [0.717, 1.165) is 34.6 Å². The lowest BCUT2D eigenvalue weighted by Crippen LogP contribution is -2.10. The molecule has 0 fully saturated rings. The number of hydrogen-bond acceptors (Lipinski definition) is 2. The molecule has 0 spiro atoms. The predicted octanol–water partition coefficient (Wildman–Crippen LogP) is 5.20.